The van der Waals surface area contributed by atoms with Crippen LogP contribution < -0.4 is 21.7 Å². The number of nitrogens with one attached hydrogen (secondary N) is 4. The highest BCUT2D eigenvalue weighted by Crippen LogP contribution is 2.19. The number of hydrogen-bond acceptors (Lipinski definition) is 8. The molecule has 6 atom stereocenters. The fourth-order valence-corrected chi connectivity index (χ4v) is 4.48. The van der Waals surface area contributed by atoms with Crippen LogP contribution in [0.2, 0.25) is 0 Å². The van der Waals surface area contributed by atoms with Gasteiger partial charge in [-0.2, -0.15) is 0 Å². The van der Waals surface area contributed by atoms with E-state index in [2.05, 4.69) is 25.9 Å². The molecule has 1 aromatic rings. The van der Waals surface area contributed by atoms with E-state index < -0.39 is 65.9 Å². The number of likely N-dealkylation sites (tertiary alicyclic amines) is 1. The highest BCUT2D eigenvalue weighted by atomic mass is 16.4. The number of carbonyl (C=O) groups excluding carboxylic acids is 4. The summed E-state index contributed by atoms with van der Waals surface area (Å²) in [6.07, 6.45) is 2.66. The average molecular weight is 566 g/mol. The summed E-state index contributed by atoms with van der Waals surface area (Å²) in [5.74, 6) is -4.02. The highest BCUT2D eigenvalue weighted by Gasteiger charge is 2.40. The Morgan fingerprint density at radius 2 is 1.68 bits per heavy atom. The first-order valence-corrected chi connectivity index (χ1v) is 13.6. The van der Waals surface area contributed by atoms with Crippen molar-refractivity contribution in [2.24, 2.45) is 17.6 Å². The zero-order chi connectivity index (χ0) is 30.1. The first kappa shape index (κ1) is 32.7. The number of imidazole rings is 1. The van der Waals surface area contributed by atoms with Crippen LogP contribution in [-0.2, 0) is 30.4 Å². The number of amides is 4. The van der Waals surface area contributed by atoms with E-state index in [0.29, 0.717) is 12.1 Å². The van der Waals surface area contributed by atoms with Crippen LogP contribution in [-0.4, -0.2) is 97.5 Å². The van der Waals surface area contributed by atoms with E-state index in [1.165, 1.54) is 13.3 Å². The predicted molar refractivity (Wildman–Crippen MR) is 144 cm³/mol. The molecule has 0 unspecified atom stereocenters. The molecule has 0 aromatic carbocycles. The monoisotopic (exact) mass is 565 g/mol. The molecule has 1 saturated heterocycles. The number of H-pyrrole nitrogens is 1. The molecule has 1 fully saturated rings. The molecule has 0 bridgehead atoms. The second kappa shape index (κ2) is 14.7. The predicted octanol–water partition coefficient (Wildman–Crippen LogP) is -1.11. The van der Waals surface area contributed by atoms with Gasteiger partial charge in [0.25, 0.3) is 0 Å². The topological polar surface area (TPSA) is 220 Å². The molecule has 2 rings (SSSR count). The molecule has 1 aliphatic heterocycles. The van der Waals surface area contributed by atoms with Gasteiger partial charge in [0, 0.05) is 19.2 Å². The van der Waals surface area contributed by atoms with E-state index in [9.17, 15) is 34.2 Å². The number of aromatic amines is 1. The van der Waals surface area contributed by atoms with E-state index in [4.69, 9.17) is 5.73 Å². The SMILES string of the molecule is CC(C)C[C@H](NC(=O)[C@H](Cc1c[nH]cn1)NC(=O)[C@@H](N)C(C)C)C(=O)N[C@H](C(=O)N1CCC[C@H]1C(=O)O)[C@@H](C)O. The quantitative estimate of drug-likeness (QED) is 0.145. The molecule has 1 aliphatic rings. The molecule has 224 valence electrons. The molecule has 0 saturated carbocycles. The van der Waals surface area contributed by atoms with Crippen molar-refractivity contribution in [2.45, 2.75) is 96.6 Å². The number of carbonyl (C=O) groups is 5. The lowest BCUT2D eigenvalue weighted by Gasteiger charge is -2.30. The number of aliphatic hydroxyl groups is 1. The number of aliphatic carboxylic acids is 1. The first-order chi connectivity index (χ1) is 18.7. The molecular formula is C26H43N7O7. The second-order valence-electron chi connectivity index (χ2n) is 11.0. The number of nitrogens with two attached hydrogens (primary N) is 1. The van der Waals surface area contributed by atoms with Gasteiger partial charge >= 0.3 is 5.97 Å². The number of hydrogen-bond donors (Lipinski definition) is 7. The van der Waals surface area contributed by atoms with Gasteiger partial charge in [0.1, 0.15) is 24.2 Å². The smallest absolute Gasteiger partial charge is 0.326 e. The molecule has 2 heterocycles. The van der Waals surface area contributed by atoms with Crippen LogP contribution in [0.4, 0.5) is 0 Å². The zero-order valence-corrected chi connectivity index (χ0v) is 23.7. The maximum atomic E-state index is 13.4. The number of aliphatic hydroxyl groups excluding tert-OH is 1. The maximum Gasteiger partial charge on any atom is 0.326 e. The lowest BCUT2D eigenvalue weighted by molar-refractivity contribution is -0.150. The Bertz CT molecular complexity index is 1030. The van der Waals surface area contributed by atoms with Crippen molar-refractivity contribution < 1.29 is 34.2 Å². The van der Waals surface area contributed by atoms with Crippen molar-refractivity contribution in [3.05, 3.63) is 18.2 Å². The van der Waals surface area contributed by atoms with Gasteiger partial charge < -0.3 is 41.8 Å². The third-order valence-electron chi connectivity index (χ3n) is 6.83. The summed E-state index contributed by atoms with van der Waals surface area (Å²) < 4.78 is 0. The van der Waals surface area contributed by atoms with Crippen LogP contribution in [0.1, 0.15) is 59.6 Å². The third-order valence-corrected chi connectivity index (χ3v) is 6.83. The fourth-order valence-electron chi connectivity index (χ4n) is 4.48. The van der Waals surface area contributed by atoms with Crippen LogP contribution in [0.3, 0.4) is 0 Å². The van der Waals surface area contributed by atoms with E-state index in [1.54, 1.807) is 20.0 Å². The molecule has 14 heteroatoms. The minimum Gasteiger partial charge on any atom is -0.480 e. The minimum absolute atomic E-state index is 0.0300. The van der Waals surface area contributed by atoms with E-state index in [-0.39, 0.29) is 37.6 Å². The van der Waals surface area contributed by atoms with Gasteiger partial charge in [0.2, 0.25) is 23.6 Å². The number of nitrogens with zero attached hydrogens (tertiary/aromatic N) is 2. The van der Waals surface area contributed by atoms with Crippen LogP contribution in [0.15, 0.2) is 12.5 Å². The molecule has 0 radical (unpaired) electrons. The molecule has 14 nitrogen and oxygen atoms in total. The minimum atomic E-state index is -1.41. The lowest BCUT2D eigenvalue weighted by Crippen LogP contribution is -2.61. The fraction of sp³-hybridized carbons (Fsp3) is 0.692. The van der Waals surface area contributed by atoms with Gasteiger partial charge in [-0.25, -0.2) is 9.78 Å². The Labute approximate surface area is 233 Å². The third kappa shape index (κ3) is 9.01. The summed E-state index contributed by atoms with van der Waals surface area (Å²) in [7, 11) is 0. The van der Waals surface area contributed by atoms with Crippen molar-refractivity contribution in [1.29, 1.82) is 0 Å². The number of rotatable bonds is 14. The normalized spacial score (nSPS) is 19.0. The Morgan fingerprint density at radius 3 is 2.20 bits per heavy atom. The molecule has 4 amide bonds. The molecule has 1 aromatic heterocycles. The Kier molecular flexibility index (Phi) is 12.1. The molecule has 0 spiro atoms. The summed E-state index contributed by atoms with van der Waals surface area (Å²) in [6.45, 7) is 8.74. The van der Waals surface area contributed by atoms with Gasteiger partial charge in [0.15, 0.2) is 0 Å². The maximum absolute atomic E-state index is 13.4. The Hall–Kier alpha value is -3.52. The van der Waals surface area contributed by atoms with Crippen LogP contribution in [0, 0.1) is 11.8 Å². The number of aromatic nitrogens is 2. The van der Waals surface area contributed by atoms with E-state index in [0.717, 1.165) is 4.90 Å². The van der Waals surface area contributed by atoms with Gasteiger partial charge in [-0.1, -0.05) is 27.7 Å². The summed E-state index contributed by atoms with van der Waals surface area (Å²) in [5, 5.41) is 27.6. The van der Waals surface area contributed by atoms with E-state index >= 15 is 0 Å². The first-order valence-electron chi connectivity index (χ1n) is 13.6. The van der Waals surface area contributed by atoms with Gasteiger partial charge in [-0.05, 0) is 38.0 Å². The summed E-state index contributed by atoms with van der Waals surface area (Å²) in [6, 6.07) is -5.53. The summed E-state index contributed by atoms with van der Waals surface area (Å²) in [4.78, 5) is 72.2. The second-order valence-corrected chi connectivity index (χ2v) is 11.0. The van der Waals surface area contributed by atoms with Crippen molar-refractivity contribution in [2.75, 3.05) is 6.54 Å². The standard InChI is InChI=1S/C26H43N7O7/c1-13(2)9-17(23(36)32-21(15(5)34)25(38)33-8-6-7-19(33)26(39)40)30-22(35)18(10-16-11-28-12-29-16)31-24(37)20(27)14(3)4/h11-15,17-21,34H,6-10,27H2,1-5H3,(H,28,29)(H,30,35)(H,31,37)(H,32,36)(H,39,40)/t15-,17+,18+,19+,20+,21+/m1/s1. The highest BCUT2D eigenvalue weighted by molar-refractivity contribution is 5.95. The van der Waals surface area contributed by atoms with Crippen molar-refractivity contribution in [3.63, 3.8) is 0 Å². The number of carboxylic acid groups (broad SMARTS) is 1. The Balaban J connectivity index is 2.23. The molecule has 40 heavy (non-hydrogen) atoms. The summed E-state index contributed by atoms with van der Waals surface area (Å²) >= 11 is 0. The largest absolute Gasteiger partial charge is 0.480 e. The van der Waals surface area contributed by atoms with Crippen LogP contribution >= 0.6 is 0 Å². The molecule has 8 N–H and O–H groups in total. The summed E-state index contributed by atoms with van der Waals surface area (Å²) in [5.41, 5.74) is 6.46. The van der Waals surface area contributed by atoms with Crippen molar-refractivity contribution >= 4 is 29.6 Å². The van der Waals surface area contributed by atoms with Crippen LogP contribution in [0.5, 0.6) is 0 Å². The Morgan fingerprint density at radius 1 is 1.05 bits per heavy atom. The molecule has 0 aliphatic carbocycles. The zero-order valence-electron chi connectivity index (χ0n) is 23.7. The van der Waals surface area contributed by atoms with E-state index in [1.807, 2.05) is 13.8 Å². The van der Waals surface area contributed by atoms with Crippen molar-refractivity contribution in [1.82, 2.24) is 30.8 Å². The van der Waals surface area contributed by atoms with Crippen molar-refractivity contribution in [3.8, 4) is 0 Å². The van der Waals surface area contributed by atoms with Gasteiger partial charge in [-0.3, -0.25) is 19.2 Å². The molecular weight excluding hydrogens is 522 g/mol. The lowest BCUT2D eigenvalue weighted by atomic mass is 10.0. The average Bonchev–Trinajstić information content (AvgIpc) is 3.57. The van der Waals surface area contributed by atoms with Gasteiger partial charge in [-0.15, -0.1) is 0 Å². The number of carboxylic acids is 1. The van der Waals surface area contributed by atoms with Crippen LogP contribution in [0.25, 0.3) is 0 Å². The van der Waals surface area contributed by atoms with Gasteiger partial charge in [0.05, 0.1) is 24.2 Å².